The van der Waals surface area contributed by atoms with Gasteiger partial charge in [-0.15, -0.1) is 0 Å². The van der Waals surface area contributed by atoms with Crippen LogP contribution in [0, 0.1) is 0 Å². The van der Waals surface area contributed by atoms with E-state index in [1.165, 1.54) is 0 Å². The van der Waals surface area contributed by atoms with Crippen LogP contribution in [0.2, 0.25) is 0 Å². The number of nitrogens with one attached hydrogen (secondary N) is 1. The molecular weight excluding hydrogens is 352 g/mol. The normalized spacial score (nSPS) is 17.1. The van der Waals surface area contributed by atoms with Crippen molar-refractivity contribution in [3.8, 4) is 0 Å². The Labute approximate surface area is 166 Å². The maximum atomic E-state index is 13.2. The summed E-state index contributed by atoms with van der Waals surface area (Å²) in [5.74, 6) is -0.184. The molecule has 1 aliphatic rings. The molecule has 0 unspecified atom stereocenters. The third-order valence-corrected chi connectivity index (χ3v) is 5.18. The summed E-state index contributed by atoms with van der Waals surface area (Å²) in [6.45, 7) is 5.32. The monoisotopic (exact) mass is 380 g/mol. The lowest BCUT2D eigenvalue weighted by atomic mass is 10.1. The van der Waals surface area contributed by atoms with Crippen LogP contribution < -0.4 is 5.32 Å². The molecule has 5 nitrogen and oxygen atoms in total. The van der Waals surface area contributed by atoms with Crippen LogP contribution in [-0.4, -0.2) is 35.5 Å². The van der Waals surface area contributed by atoms with E-state index in [4.69, 9.17) is 4.74 Å². The number of benzene rings is 2. The Morgan fingerprint density at radius 2 is 1.96 bits per heavy atom. The molecule has 5 heteroatoms. The fraction of sp³-hybridized carbons (Fsp3) is 0.391. The van der Waals surface area contributed by atoms with Crippen molar-refractivity contribution >= 4 is 17.5 Å². The molecule has 0 aromatic heterocycles. The van der Waals surface area contributed by atoms with Gasteiger partial charge in [-0.3, -0.25) is 9.59 Å². The first-order chi connectivity index (χ1) is 13.6. The Kier molecular flexibility index (Phi) is 6.82. The van der Waals surface area contributed by atoms with Crippen LogP contribution >= 0.6 is 0 Å². The van der Waals surface area contributed by atoms with Gasteiger partial charge >= 0.3 is 0 Å². The first-order valence-electron chi connectivity index (χ1n) is 9.96. The van der Waals surface area contributed by atoms with Crippen molar-refractivity contribution < 1.29 is 14.3 Å². The number of nitrogens with zero attached hydrogens (tertiary/aromatic N) is 1. The first kappa shape index (κ1) is 20.1. The number of amides is 2. The van der Waals surface area contributed by atoms with Crippen molar-refractivity contribution in [3.63, 3.8) is 0 Å². The average molecular weight is 380 g/mol. The van der Waals surface area contributed by atoms with Gasteiger partial charge < -0.3 is 15.0 Å². The molecule has 1 fully saturated rings. The number of hydrogen-bond donors (Lipinski definition) is 1. The molecule has 1 heterocycles. The molecule has 0 spiro atoms. The van der Waals surface area contributed by atoms with Crippen molar-refractivity contribution in [2.45, 2.75) is 51.8 Å². The van der Waals surface area contributed by atoms with Crippen molar-refractivity contribution in [2.75, 3.05) is 11.9 Å². The third kappa shape index (κ3) is 4.98. The van der Waals surface area contributed by atoms with E-state index in [0.29, 0.717) is 24.4 Å². The van der Waals surface area contributed by atoms with E-state index in [1.807, 2.05) is 35.2 Å². The molecule has 2 amide bonds. The number of carbonyl (C=O) groups is 2. The molecule has 2 aromatic carbocycles. The summed E-state index contributed by atoms with van der Waals surface area (Å²) in [5.41, 5.74) is 2.29. The molecule has 0 radical (unpaired) electrons. The van der Waals surface area contributed by atoms with E-state index in [2.05, 4.69) is 19.2 Å². The Hall–Kier alpha value is -2.66. The standard InChI is InChI=1S/C23H28N2O3/c1-3-17(2)25(16-18-9-5-4-6-10-18)23(27)19-11-7-12-20(15-19)24-22(26)21-13-8-14-28-21/h4-7,9-12,15,17,21H,3,8,13-14,16H2,1-2H3,(H,24,26)/t17-,21-/m0/s1. The number of hydrogen-bond acceptors (Lipinski definition) is 3. The molecule has 2 aromatic rings. The highest BCUT2D eigenvalue weighted by Gasteiger charge is 2.24. The van der Waals surface area contributed by atoms with E-state index in [9.17, 15) is 9.59 Å². The number of anilines is 1. The molecule has 0 aliphatic carbocycles. The fourth-order valence-electron chi connectivity index (χ4n) is 3.33. The Morgan fingerprint density at radius 1 is 1.18 bits per heavy atom. The summed E-state index contributed by atoms with van der Waals surface area (Å²) in [4.78, 5) is 27.4. The fourth-order valence-corrected chi connectivity index (χ4v) is 3.33. The highest BCUT2D eigenvalue weighted by Crippen LogP contribution is 2.19. The topological polar surface area (TPSA) is 58.6 Å². The Bertz CT molecular complexity index is 801. The Morgan fingerprint density at radius 3 is 2.64 bits per heavy atom. The zero-order valence-corrected chi connectivity index (χ0v) is 16.6. The lowest BCUT2D eigenvalue weighted by Gasteiger charge is -2.29. The lowest BCUT2D eigenvalue weighted by Crippen LogP contribution is -2.37. The first-order valence-corrected chi connectivity index (χ1v) is 9.96. The van der Waals surface area contributed by atoms with Crippen LogP contribution in [0.1, 0.15) is 49.0 Å². The maximum absolute atomic E-state index is 13.2. The van der Waals surface area contributed by atoms with Gasteiger partial charge in [-0.25, -0.2) is 0 Å². The summed E-state index contributed by atoms with van der Waals surface area (Å²) >= 11 is 0. The van der Waals surface area contributed by atoms with Gasteiger partial charge in [0.1, 0.15) is 6.10 Å². The highest BCUT2D eigenvalue weighted by atomic mass is 16.5. The summed E-state index contributed by atoms with van der Waals surface area (Å²) in [6.07, 6.45) is 2.12. The van der Waals surface area contributed by atoms with E-state index in [0.717, 1.165) is 24.8 Å². The third-order valence-electron chi connectivity index (χ3n) is 5.18. The summed E-state index contributed by atoms with van der Waals surface area (Å²) in [7, 11) is 0. The summed E-state index contributed by atoms with van der Waals surface area (Å²) in [6, 6.07) is 17.2. The highest BCUT2D eigenvalue weighted by molar-refractivity contribution is 5.98. The Balaban J connectivity index is 1.75. The van der Waals surface area contributed by atoms with Crippen molar-refractivity contribution in [1.82, 2.24) is 4.90 Å². The zero-order chi connectivity index (χ0) is 19.9. The molecule has 148 valence electrons. The van der Waals surface area contributed by atoms with Crippen LogP contribution in [0.3, 0.4) is 0 Å². The molecular formula is C23H28N2O3. The van der Waals surface area contributed by atoms with Crippen LogP contribution in [0.25, 0.3) is 0 Å². The van der Waals surface area contributed by atoms with Crippen LogP contribution in [-0.2, 0) is 16.1 Å². The average Bonchev–Trinajstić information content (AvgIpc) is 3.27. The van der Waals surface area contributed by atoms with Crippen LogP contribution in [0.15, 0.2) is 54.6 Å². The number of carbonyl (C=O) groups excluding carboxylic acids is 2. The minimum absolute atomic E-state index is 0.0357. The van der Waals surface area contributed by atoms with Crippen molar-refractivity contribution in [1.29, 1.82) is 0 Å². The second-order valence-electron chi connectivity index (χ2n) is 7.25. The largest absolute Gasteiger partial charge is 0.368 e. The lowest BCUT2D eigenvalue weighted by molar-refractivity contribution is -0.124. The second-order valence-corrected chi connectivity index (χ2v) is 7.25. The predicted molar refractivity (Wildman–Crippen MR) is 110 cm³/mol. The smallest absolute Gasteiger partial charge is 0.254 e. The van der Waals surface area contributed by atoms with Crippen LogP contribution in [0.5, 0.6) is 0 Å². The van der Waals surface area contributed by atoms with E-state index >= 15 is 0 Å². The molecule has 1 aliphatic heterocycles. The molecule has 1 N–H and O–H groups in total. The van der Waals surface area contributed by atoms with Gasteiger partial charge in [0.2, 0.25) is 0 Å². The van der Waals surface area contributed by atoms with E-state index < -0.39 is 6.10 Å². The van der Waals surface area contributed by atoms with Gasteiger partial charge in [0, 0.05) is 30.4 Å². The molecule has 3 rings (SSSR count). The summed E-state index contributed by atoms with van der Waals surface area (Å²) in [5, 5.41) is 2.88. The number of rotatable bonds is 7. The van der Waals surface area contributed by atoms with Gasteiger partial charge in [-0.05, 0) is 49.9 Å². The molecule has 28 heavy (non-hydrogen) atoms. The SMILES string of the molecule is CC[C@H](C)N(Cc1ccccc1)C(=O)c1cccc(NC(=O)[C@@H]2CCCO2)c1. The van der Waals surface area contributed by atoms with Crippen molar-refractivity contribution in [3.05, 3.63) is 65.7 Å². The van der Waals surface area contributed by atoms with Gasteiger partial charge in [0.05, 0.1) is 0 Å². The van der Waals surface area contributed by atoms with Crippen LogP contribution in [0.4, 0.5) is 5.69 Å². The van der Waals surface area contributed by atoms with Gasteiger partial charge in [-0.1, -0.05) is 43.3 Å². The minimum atomic E-state index is -0.394. The molecule has 0 bridgehead atoms. The summed E-state index contributed by atoms with van der Waals surface area (Å²) < 4.78 is 5.43. The maximum Gasteiger partial charge on any atom is 0.254 e. The van der Waals surface area contributed by atoms with Gasteiger partial charge in [0.15, 0.2) is 0 Å². The number of ether oxygens (including phenoxy) is 1. The minimum Gasteiger partial charge on any atom is -0.368 e. The van der Waals surface area contributed by atoms with Crippen molar-refractivity contribution in [2.24, 2.45) is 0 Å². The zero-order valence-electron chi connectivity index (χ0n) is 16.6. The quantitative estimate of drug-likeness (QED) is 0.781. The molecule has 0 saturated carbocycles. The van der Waals surface area contributed by atoms with E-state index in [1.54, 1.807) is 24.3 Å². The predicted octanol–water partition coefficient (Wildman–Crippen LogP) is 4.25. The van der Waals surface area contributed by atoms with E-state index in [-0.39, 0.29) is 17.9 Å². The van der Waals surface area contributed by atoms with Gasteiger partial charge in [0.25, 0.3) is 11.8 Å². The second kappa shape index (κ2) is 9.51. The van der Waals surface area contributed by atoms with Gasteiger partial charge in [-0.2, -0.15) is 0 Å². The molecule has 1 saturated heterocycles. The molecule has 2 atom stereocenters.